The monoisotopic (exact) mass is 314 g/mol. The molecule has 2 heterocycles. The number of halogens is 3. The molecule has 22 heavy (non-hydrogen) atoms. The minimum atomic E-state index is -4.48. The van der Waals surface area contributed by atoms with Crippen LogP contribution < -0.4 is 4.90 Å². The minimum Gasteiger partial charge on any atom is -0.359 e. The van der Waals surface area contributed by atoms with Crippen LogP contribution in [0.15, 0.2) is 0 Å². The summed E-state index contributed by atoms with van der Waals surface area (Å²) in [5.74, 6) is 0.177. The first-order valence-corrected chi connectivity index (χ1v) is 6.78. The summed E-state index contributed by atoms with van der Waals surface area (Å²) in [6.45, 7) is 6.37. The standard InChI is InChI=1S/C14H17F3N4O/c1-8-9(2)19-20-12(10(8)5-18)21-6-11(14(15,16)17)22-13(3,4)7-21/h11H,6-7H2,1-4H3. The average molecular weight is 314 g/mol. The molecule has 1 fully saturated rings. The molecule has 0 aliphatic carbocycles. The molecule has 120 valence electrons. The van der Waals surface area contributed by atoms with Gasteiger partial charge in [-0.3, -0.25) is 0 Å². The van der Waals surface area contributed by atoms with Crippen molar-refractivity contribution in [2.75, 3.05) is 18.0 Å². The van der Waals surface area contributed by atoms with E-state index in [9.17, 15) is 18.4 Å². The number of morpholine rings is 1. The molecule has 0 spiro atoms. The lowest BCUT2D eigenvalue weighted by atomic mass is 10.0. The quantitative estimate of drug-likeness (QED) is 0.797. The second kappa shape index (κ2) is 5.39. The summed E-state index contributed by atoms with van der Waals surface area (Å²) in [6, 6.07) is 2.02. The van der Waals surface area contributed by atoms with Crippen molar-refractivity contribution in [3.63, 3.8) is 0 Å². The van der Waals surface area contributed by atoms with Gasteiger partial charge in [-0.15, -0.1) is 5.10 Å². The number of hydrogen-bond acceptors (Lipinski definition) is 5. The van der Waals surface area contributed by atoms with E-state index in [0.717, 1.165) is 0 Å². The minimum absolute atomic E-state index is 0.177. The van der Waals surface area contributed by atoms with Crippen LogP contribution in [0.3, 0.4) is 0 Å². The molecule has 5 nitrogen and oxygen atoms in total. The van der Waals surface area contributed by atoms with Gasteiger partial charge in [-0.05, 0) is 33.3 Å². The number of ether oxygens (including phenoxy) is 1. The van der Waals surface area contributed by atoms with Crippen molar-refractivity contribution in [2.24, 2.45) is 0 Å². The Bertz CT molecular complexity index is 622. The highest BCUT2D eigenvalue weighted by molar-refractivity contribution is 5.58. The predicted octanol–water partition coefficient (Wildman–Crippen LogP) is 2.51. The van der Waals surface area contributed by atoms with Crippen LogP contribution in [0.2, 0.25) is 0 Å². The number of aryl methyl sites for hydroxylation is 1. The van der Waals surface area contributed by atoms with E-state index in [1.807, 2.05) is 6.07 Å². The average Bonchev–Trinajstić information content (AvgIpc) is 2.38. The lowest BCUT2D eigenvalue weighted by Crippen LogP contribution is -2.57. The Morgan fingerprint density at radius 1 is 1.32 bits per heavy atom. The molecular weight excluding hydrogens is 297 g/mol. The molecule has 0 aromatic carbocycles. The second-order valence-corrected chi connectivity index (χ2v) is 6.01. The van der Waals surface area contributed by atoms with Gasteiger partial charge in [-0.1, -0.05) is 0 Å². The topological polar surface area (TPSA) is 62.0 Å². The number of aromatic nitrogens is 2. The van der Waals surface area contributed by atoms with Crippen LogP contribution in [0, 0.1) is 25.2 Å². The molecule has 1 aromatic heterocycles. The zero-order valence-electron chi connectivity index (χ0n) is 12.8. The molecule has 1 saturated heterocycles. The van der Waals surface area contributed by atoms with Crippen molar-refractivity contribution >= 4 is 5.82 Å². The first-order valence-electron chi connectivity index (χ1n) is 6.78. The first kappa shape index (κ1) is 16.5. The smallest absolute Gasteiger partial charge is 0.359 e. The van der Waals surface area contributed by atoms with E-state index in [0.29, 0.717) is 11.3 Å². The molecule has 8 heteroatoms. The molecule has 0 bridgehead atoms. The maximum atomic E-state index is 13.0. The SMILES string of the molecule is Cc1nnc(N2CC(C(F)(F)F)OC(C)(C)C2)c(C#N)c1C. The molecule has 1 atom stereocenters. The molecule has 1 unspecified atom stereocenters. The second-order valence-electron chi connectivity index (χ2n) is 6.01. The molecule has 2 rings (SSSR count). The highest BCUT2D eigenvalue weighted by Gasteiger charge is 2.48. The van der Waals surface area contributed by atoms with Crippen molar-refractivity contribution < 1.29 is 17.9 Å². The van der Waals surface area contributed by atoms with Gasteiger partial charge in [0.1, 0.15) is 11.6 Å². The van der Waals surface area contributed by atoms with E-state index >= 15 is 0 Å². The van der Waals surface area contributed by atoms with Crippen molar-refractivity contribution in [3.8, 4) is 6.07 Å². The zero-order chi connectivity index (χ0) is 16.7. The molecule has 1 aliphatic rings. The molecule has 1 aliphatic heterocycles. The lowest BCUT2D eigenvalue weighted by molar-refractivity contribution is -0.251. The predicted molar refractivity (Wildman–Crippen MR) is 73.4 cm³/mol. The van der Waals surface area contributed by atoms with Crippen LogP contribution in [-0.4, -0.2) is 41.2 Å². The van der Waals surface area contributed by atoms with E-state index in [-0.39, 0.29) is 17.9 Å². The van der Waals surface area contributed by atoms with Crippen molar-refractivity contribution in [1.29, 1.82) is 5.26 Å². The largest absolute Gasteiger partial charge is 0.416 e. The van der Waals surface area contributed by atoms with Gasteiger partial charge >= 0.3 is 6.18 Å². The van der Waals surface area contributed by atoms with E-state index in [2.05, 4.69) is 10.2 Å². The highest BCUT2D eigenvalue weighted by Crippen LogP contribution is 2.34. The summed E-state index contributed by atoms with van der Waals surface area (Å²) >= 11 is 0. The van der Waals surface area contributed by atoms with Gasteiger partial charge in [0.15, 0.2) is 11.9 Å². The van der Waals surface area contributed by atoms with Crippen LogP contribution in [-0.2, 0) is 4.74 Å². The fraction of sp³-hybridized carbons (Fsp3) is 0.643. The molecule has 0 radical (unpaired) electrons. The summed E-state index contributed by atoms with van der Waals surface area (Å²) in [6.07, 6.45) is -6.40. The van der Waals surface area contributed by atoms with Gasteiger partial charge in [-0.25, -0.2) is 0 Å². The van der Waals surface area contributed by atoms with Crippen LogP contribution in [0.5, 0.6) is 0 Å². The normalized spacial score (nSPS) is 21.5. The van der Waals surface area contributed by atoms with E-state index < -0.39 is 24.4 Å². The third-order valence-corrected chi connectivity index (χ3v) is 3.63. The van der Waals surface area contributed by atoms with E-state index in [1.165, 1.54) is 4.90 Å². The van der Waals surface area contributed by atoms with Gasteiger partial charge in [0.25, 0.3) is 0 Å². The van der Waals surface area contributed by atoms with Gasteiger partial charge in [0, 0.05) is 6.54 Å². The maximum absolute atomic E-state index is 13.0. The van der Waals surface area contributed by atoms with Crippen molar-refractivity contribution in [1.82, 2.24) is 10.2 Å². The molecule has 0 N–H and O–H groups in total. The Balaban J connectivity index is 2.44. The molecule has 1 aromatic rings. The highest BCUT2D eigenvalue weighted by atomic mass is 19.4. The Morgan fingerprint density at radius 3 is 2.50 bits per heavy atom. The zero-order valence-corrected chi connectivity index (χ0v) is 12.8. The number of nitrogens with zero attached hydrogens (tertiary/aromatic N) is 4. The summed E-state index contributed by atoms with van der Waals surface area (Å²) in [5, 5.41) is 17.2. The number of nitriles is 1. The van der Waals surface area contributed by atoms with Crippen LogP contribution in [0.1, 0.15) is 30.7 Å². The summed E-state index contributed by atoms with van der Waals surface area (Å²) in [5.41, 5.74) is 0.456. The Hall–Kier alpha value is -1.88. The fourth-order valence-corrected chi connectivity index (χ4v) is 2.47. The van der Waals surface area contributed by atoms with Gasteiger partial charge < -0.3 is 9.64 Å². The number of hydrogen-bond donors (Lipinski definition) is 0. The molecule has 0 saturated carbocycles. The van der Waals surface area contributed by atoms with Gasteiger partial charge in [-0.2, -0.15) is 23.5 Å². The van der Waals surface area contributed by atoms with Crippen molar-refractivity contribution in [3.05, 3.63) is 16.8 Å². The summed E-state index contributed by atoms with van der Waals surface area (Å²) in [7, 11) is 0. The van der Waals surface area contributed by atoms with Crippen LogP contribution in [0.25, 0.3) is 0 Å². The third-order valence-electron chi connectivity index (χ3n) is 3.63. The lowest BCUT2D eigenvalue weighted by Gasteiger charge is -2.43. The summed E-state index contributed by atoms with van der Waals surface area (Å²) < 4.78 is 44.3. The first-order chi connectivity index (χ1) is 10.0. The van der Waals surface area contributed by atoms with E-state index in [1.54, 1.807) is 27.7 Å². The van der Waals surface area contributed by atoms with Crippen LogP contribution >= 0.6 is 0 Å². The fourth-order valence-electron chi connectivity index (χ4n) is 2.47. The van der Waals surface area contributed by atoms with Crippen LogP contribution in [0.4, 0.5) is 19.0 Å². The molecule has 0 amide bonds. The van der Waals surface area contributed by atoms with Crippen molar-refractivity contribution in [2.45, 2.75) is 45.6 Å². The maximum Gasteiger partial charge on any atom is 0.416 e. The summed E-state index contributed by atoms with van der Waals surface area (Å²) in [4.78, 5) is 1.43. The Labute approximate surface area is 126 Å². The van der Waals surface area contributed by atoms with Gasteiger partial charge in [0.2, 0.25) is 0 Å². The Morgan fingerprint density at radius 2 is 1.95 bits per heavy atom. The number of anilines is 1. The van der Waals surface area contributed by atoms with E-state index in [4.69, 9.17) is 4.74 Å². The Kier molecular flexibility index (Phi) is 4.04. The third kappa shape index (κ3) is 3.14. The van der Waals surface area contributed by atoms with Gasteiger partial charge in [0.05, 0.1) is 17.8 Å². The molecular formula is C14H17F3N4O. The number of rotatable bonds is 1. The number of alkyl halides is 3.